The second-order valence-corrected chi connectivity index (χ2v) is 10.9. The quantitative estimate of drug-likeness (QED) is 0.503. The van der Waals surface area contributed by atoms with Crippen molar-refractivity contribution in [3.05, 3.63) is 17.4 Å². The van der Waals surface area contributed by atoms with Crippen molar-refractivity contribution < 1.29 is 14.2 Å². The predicted molar refractivity (Wildman–Crippen MR) is 138 cm³/mol. The molecule has 0 atom stereocenters. The van der Waals surface area contributed by atoms with E-state index >= 15 is 0 Å². The summed E-state index contributed by atoms with van der Waals surface area (Å²) < 4.78 is 19.6. The van der Waals surface area contributed by atoms with Crippen molar-refractivity contribution in [3.8, 4) is 5.88 Å². The second-order valence-electron chi connectivity index (χ2n) is 9.84. The van der Waals surface area contributed by atoms with Gasteiger partial charge >= 0.3 is 0 Å². The number of hydrogen-bond donors (Lipinski definition) is 1. The van der Waals surface area contributed by atoms with Gasteiger partial charge in [0, 0.05) is 38.5 Å². The number of aryl methyl sites for hydroxylation is 1. The van der Waals surface area contributed by atoms with Crippen molar-refractivity contribution in [2.24, 2.45) is 0 Å². The maximum Gasteiger partial charge on any atom is 0.246 e. The van der Waals surface area contributed by atoms with Crippen LogP contribution in [0.5, 0.6) is 5.88 Å². The van der Waals surface area contributed by atoms with E-state index in [1.807, 2.05) is 17.1 Å². The number of ether oxygens (including phenoxy) is 3. The minimum atomic E-state index is 0.149. The monoisotopic (exact) mass is 513 g/mol. The van der Waals surface area contributed by atoms with Crippen molar-refractivity contribution in [1.82, 2.24) is 29.6 Å². The van der Waals surface area contributed by atoms with Crippen LogP contribution in [0.1, 0.15) is 56.5 Å². The summed E-state index contributed by atoms with van der Waals surface area (Å²) in [6.07, 6.45) is 11.2. The van der Waals surface area contributed by atoms with E-state index in [-0.39, 0.29) is 6.10 Å². The molecule has 0 amide bonds. The van der Waals surface area contributed by atoms with Crippen molar-refractivity contribution in [1.29, 1.82) is 0 Å². The maximum atomic E-state index is 6.52. The first-order valence-corrected chi connectivity index (χ1v) is 14.1. The zero-order valence-corrected chi connectivity index (χ0v) is 21.7. The maximum absolute atomic E-state index is 6.52. The minimum Gasteiger partial charge on any atom is -0.473 e. The van der Waals surface area contributed by atoms with Gasteiger partial charge in [-0.2, -0.15) is 15.1 Å². The standard InChI is InChI=1S/C25H35N7O3S/c1-2-21-28-22-23(35-20-5-3-18(4-6-20)31-9-13-34-14-10-31)29-25(30-24(22)36-21)27-17-15-26-32(16-17)19-7-11-33-12-8-19/h15-16,18-20H,2-14H2,1H3,(H,27,29,30). The highest BCUT2D eigenvalue weighted by atomic mass is 32.1. The largest absolute Gasteiger partial charge is 0.473 e. The van der Waals surface area contributed by atoms with Gasteiger partial charge in [-0.3, -0.25) is 9.58 Å². The van der Waals surface area contributed by atoms with E-state index in [0.717, 1.165) is 106 Å². The highest BCUT2D eigenvalue weighted by Gasteiger charge is 2.29. The molecule has 6 rings (SSSR count). The topological polar surface area (TPSA) is 99.5 Å². The Morgan fingerprint density at radius 2 is 1.75 bits per heavy atom. The Kier molecular flexibility index (Phi) is 7.31. The Morgan fingerprint density at radius 1 is 0.972 bits per heavy atom. The van der Waals surface area contributed by atoms with Crippen LogP contribution in [0.25, 0.3) is 10.3 Å². The van der Waals surface area contributed by atoms with Gasteiger partial charge in [0.15, 0.2) is 10.3 Å². The number of morpholine rings is 1. The van der Waals surface area contributed by atoms with Crippen molar-refractivity contribution in [2.45, 2.75) is 70.1 Å². The Labute approximate surface area is 215 Å². The third-order valence-corrected chi connectivity index (χ3v) is 8.57. The zero-order valence-electron chi connectivity index (χ0n) is 20.9. The van der Waals surface area contributed by atoms with Gasteiger partial charge in [-0.05, 0) is 44.9 Å². The summed E-state index contributed by atoms with van der Waals surface area (Å²) in [5.74, 6) is 1.11. The number of nitrogens with one attached hydrogen (secondary N) is 1. The van der Waals surface area contributed by atoms with Gasteiger partial charge in [0.05, 0.1) is 36.1 Å². The molecule has 0 radical (unpaired) electrons. The summed E-state index contributed by atoms with van der Waals surface area (Å²) in [5.41, 5.74) is 1.65. The summed E-state index contributed by atoms with van der Waals surface area (Å²) in [6.45, 7) is 7.47. The predicted octanol–water partition coefficient (Wildman–Crippen LogP) is 3.96. The zero-order chi connectivity index (χ0) is 24.3. The molecule has 3 fully saturated rings. The molecule has 1 saturated carbocycles. The molecule has 2 saturated heterocycles. The molecule has 0 spiro atoms. The molecule has 2 aliphatic heterocycles. The average Bonchev–Trinajstić information content (AvgIpc) is 3.57. The van der Waals surface area contributed by atoms with E-state index in [1.165, 1.54) is 0 Å². The first-order valence-electron chi connectivity index (χ1n) is 13.3. The van der Waals surface area contributed by atoms with E-state index < -0.39 is 0 Å². The lowest BCUT2D eigenvalue weighted by Crippen LogP contribution is -2.46. The number of hydrogen-bond acceptors (Lipinski definition) is 10. The van der Waals surface area contributed by atoms with Gasteiger partial charge in [-0.15, -0.1) is 0 Å². The van der Waals surface area contributed by atoms with Crippen molar-refractivity contribution >= 4 is 33.3 Å². The molecule has 36 heavy (non-hydrogen) atoms. The van der Waals surface area contributed by atoms with E-state index in [0.29, 0.717) is 23.9 Å². The Hall–Kier alpha value is -2.34. The fraction of sp³-hybridized carbons (Fsp3) is 0.680. The van der Waals surface area contributed by atoms with E-state index in [1.54, 1.807) is 11.3 Å². The molecule has 3 aliphatic rings. The molecule has 0 aromatic carbocycles. The van der Waals surface area contributed by atoms with E-state index in [9.17, 15) is 0 Å². The number of anilines is 2. The smallest absolute Gasteiger partial charge is 0.246 e. The fourth-order valence-electron chi connectivity index (χ4n) is 5.44. The van der Waals surface area contributed by atoms with Crippen LogP contribution in [-0.4, -0.2) is 81.3 Å². The molecule has 3 aromatic heterocycles. The lowest BCUT2D eigenvalue weighted by Gasteiger charge is -2.38. The summed E-state index contributed by atoms with van der Waals surface area (Å²) in [6, 6.07) is 1.01. The van der Waals surface area contributed by atoms with Crippen LogP contribution in [0.2, 0.25) is 0 Å². The van der Waals surface area contributed by atoms with E-state index in [2.05, 4.69) is 22.2 Å². The van der Waals surface area contributed by atoms with Gasteiger partial charge in [0.1, 0.15) is 6.10 Å². The average molecular weight is 514 g/mol. The SMILES string of the molecule is CCc1nc2c(OC3CCC(N4CCOCC4)CC3)nc(Nc3cnn(C4CCOCC4)c3)nc2s1. The van der Waals surface area contributed by atoms with Crippen LogP contribution in [-0.2, 0) is 15.9 Å². The minimum absolute atomic E-state index is 0.149. The number of aromatic nitrogens is 5. The summed E-state index contributed by atoms with van der Waals surface area (Å²) in [5, 5.41) is 8.97. The first kappa shape index (κ1) is 24.0. The summed E-state index contributed by atoms with van der Waals surface area (Å²) >= 11 is 1.61. The van der Waals surface area contributed by atoms with Gasteiger partial charge in [0.25, 0.3) is 0 Å². The first-order chi connectivity index (χ1) is 17.7. The molecular weight excluding hydrogens is 478 g/mol. The Balaban J connectivity index is 1.17. The third-order valence-electron chi connectivity index (χ3n) is 7.48. The van der Waals surface area contributed by atoms with Crippen LogP contribution >= 0.6 is 11.3 Å². The van der Waals surface area contributed by atoms with Crippen molar-refractivity contribution in [2.75, 3.05) is 44.8 Å². The van der Waals surface area contributed by atoms with Crippen LogP contribution < -0.4 is 10.1 Å². The summed E-state index contributed by atoms with van der Waals surface area (Å²) in [4.78, 5) is 17.8. The molecule has 0 unspecified atom stereocenters. The molecule has 194 valence electrons. The molecule has 10 nitrogen and oxygen atoms in total. The molecular formula is C25H35N7O3S. The third kappa shape index (κ3) is 5.34. The van der Waals surface area contributed by atoms with Crippen LogP contribution in [0.15, 0.2) is 12.4 Å². The molecule has 11 heteroatoms. The lowest BCUT2D eigenvalue weighted by molar-refractivity contribution is -0.00126. The van der Waals surface area contributed by atoms with Gasteiger partial charge in [-0.1, -0.05) is 18.3 Å². The Bertz CT molecular complexity index is 1150. The second kappa shape index (κ2) is 11.0. The van der Waals surface area contributed by atoms with Crippen LogP contribution in [0.4, 0.5) is 11.6 Å². The van der Waals surface area contributed by atoms with Crippen molar-refractivity contribution in [3.63, 3.8) is 0 Å². The molecule has 1 aliphatic carbocycles. The van der Waals surface area contributed by atoms with Gasteiger partial charge in [0.2, 0.25) is 11.8 Å². The van der Waals surface area contributed by atoms with Crippen LogP contribution in [0, 0.1) is 0 Å². The van der Waals surface area contributed by atoms with Crippen LogP contribution in [0.3, 0.4) is 0 Å². The molecule has 1 N–H and O–H groups in total. The van der Waals surface area contributed by atoms with E-state index in [4.69, 9.17) is 29.2 Å². The fourth-order valence-corrected chi connectivity index (χ4v) is 6.31. The number of nitrogens with zero attached hydrogens (tertiary/aromatic N) is 6. The normalized spacial score (nSPS) is 24.2. The highest BCUT2D eigenvalue weighted by molar-refractivity contribution is 7.18. The van der Waals surface area contributed by atoms with Gasteiger partial charge in [-0.25, -0.2) is 4.98 Å². The number of thiazole rings is 1. The number of fused-ring (bicyclic) bond motifs is 1. The summed E-state index contributed by atoms with van der Waals surface area (Å²) in [7, 11) is 0. The highest BCUT2D eigenvalue weighted by Crippen LogP contribution is 2.33. The van der Waals surface area contributed by atoms with Gasteiger partial charge < -0.3 is 19.5 Å². The molecule has 5 heterocycles. The Morgan fingerprint density at radius 3 is 2.53 bits per heavy atom. The molecule has 3 aromatic rings. The molecule has 0 bridgehead atoms. The lowest BCUT2D eigenvalue weighted by atomic mass is 9.91. The number of rotatable bonds is 7.